The Morgan fingerprint density at radius 1 is 1.50 bits per heavy atom. The molecule has 2 heteroatoms. The minimum atomic E-state index is 0. The first-order valence-corrected chi connectivity index (χ1v) is 2.81. The molecule has 0 fully saturated rings. The first-order valence-electron chi connectivity index (χ1n) is 1.77. The SMILES string of the molecule is C1=CSCC1.[Sn]. The van der Waals surface area contributed by atoms with Gasteiger partial charge in [0.25, 0.3) is 0 Å². The van der Waals surface area contributed by atoms with Crippen molar-refractivity contribution in [3.05, 3.63) is 11.5 Å². The first-order chi connectivity index (χ1) is 2.50. The van der Waals surface area contributed by atoms with E-state index in [2.05, 4.69) is 11.5 Å². The molecule has 0 N–H and O–H groups in total. The van der Waals surface area contributed by atoms with Crippen LogP contribution in [0.5, 0.6) is 0 Å². The van der Waals surface area contributed by atoms with Crippen molar-refractivity contribution in [2.45, 2.75) is 6.42 Å². The van der Waals surface area contributed by atoms with Gasteiger partial charge in [0.05, 0.1) is 0 Å². The predicted octanol–water partition coefficient (Wildman–Crippen LogP) is 1.26. The van der Waals surface area contributed by atoms with Gasteiger partial charge in [-0.2, -0.15) is 0 Å². The van der Waals surface area contributed by atoms with Crippen molar-refractivity contribution in [2.24, 2.45) is 0 Å². The second-order valence-corrected chi connectivity index (χ2v) is 2.04. The molecule has 0 saturated carbocycles. The molecule has 32 valence electrons. The minimum Gasteiger partial charge on any atom is -0.134 e. The second-order valence-electron chi connectivity index (χ2n) is 1.03. The van der Waals surface area contributed by atoms with Crippen molar-refractivity contribution in [1.29, 1.82) is 0 Å². The molecule has 0 unspecified atom stereocenters. The molecule has 6 heavy (non-hydrogen) atoms. The maximum Gasteiger partial charge on any atom is 0.000884 e. The summed E-state index contributed by atoms with van der Waals surface area (Å²) in [5.74, 6) is 1.31. The first kappa shape index (κ1) is 6.89. The summed E-state index contributed by atoms with van der Waals surface area (Å²) in [6.07, 6.45) is 3.48. The number of rotatable bonds is 0. The van der Waals surface area contributed by atoms with Crippen LogP contribution in [0.1, 0.15) is 6.42 Å². The van der Waals surface area contributed by atoms with Crippen molar-refractivity contribution >= 4 is 35.7 Å². The Balaban J connectivity index is 0.000000250. The van der Waals surface area contributed by atoms with Crippen LogP contribution in [-0.2, 0) is 0 Å². The van der Waals surface area contributed by atoms with E-state index >= 15 is 0 Å². The summed E-state index contributed by atoms with van der Waals surface area (Å²) in [7, 11) is 0. The molecule has 0 saturated heterocycles. The van der Waals surface area contributed by atoms with Gasteiger partial charge in [0, 0.05) is 29.7 Å². The van der Waals surface area contributed by atoms with Gasteiger partial charge in [0.15, 0.2) is 0 Å². The molecule has 1 rings (SSSR count). The summed E-state index contributed by atoms with van der Waals surface area (Å²) in [5.41, 5.74) is 0. The van der Waals surface area contributed by atoms with Gasteiger partial charge < -0.3 is 0 Å². The topological polar surface area (TPSA) is 0 Å². The Hall–Kier alpha value is 0.889. The molecule has 1 aliphatic heterocycles. The summed E-state index contributed by atoms with van der Waals surface area (Å²) in [6.45, 7) is 0. The zero-order valence-corrected chi connectivity index (χ0v) is 7.15. The van der Waals surface area contributed by atoms with Crippen LogP contribution in [-0.4, -0.2) is 29.7 Å². The van der Waals surface area contributed by atoms with Crippen LogP contribution in [0.25, 0.3) is 0 Å². The molecular formula is C4H6SSn. The van der Waals surface area contributed by atoms with Crippen LogP contribution in [0.4, 0.5) is 0 Å². The summed E-state index contributed by atoms with van der Waals surface area (Å²) < 4.78 is 0. The van der Waals surface area contributed by atoms with Crippen molar-refractivity contribution in [3.63, 3.8) is 0 Å². The predicted molar refractivity (Wildman–Crippen MR) is 32.0 cm³/mol. The molecule has 0 spiro atoms. The molecule has 0 aromatic rings. The van der Waals surface area contributed by atoms with E-state index in [1.54, 1.807) is 0 Å². The number of hydrogen-bond donors (Lipinski definition) is 0. The van der Waals surface area contributed by atoms with Gasteiger partial charge in [-0.3, -0.25) is 0 Å². The Morgan fingerprint density at radius 2 is 2.33 bits per heavy atom. The van der Waals surface area contributed by atoms with E-state index in [4.69, 9.17) is 0 Å². The van der Waals surface area contributed by atoms with E-state index in [9.17, 15) is 0 Å². The number of allylic oxidation sites excluding steroid dienone is 1. The maximum atomic E-state index is 2.20. The van der Waals surface area contributed by atoms with Crippen molar-refractivity contribution in [2.75, 3.05) is 5.75 Å². The molecule has 1 heterocycles. The number of hydrogen-bond acceptors (Lipinski definition) is 1. The molecular weight excluding hydrogens is 199 g/mol. The van der Waals surface area contributed by atoms with Gasteiger partial charge in [0.1, 0.15) is 0 Å². The zero-order chi connectivity index (χ0) is 3.54. The molecule has 0 amide bonds. The van der Waals surface area contributed by atoms with Gasteiger partial charge >= 0.3 is 0 Å². The third-order valence-corrected chi connectivity index (χ3v) is 1.45. The van der Waals surface area contributed by atoms with Crippen LogP contribution in [0.3, 0.4) is 0 Å². The van der Waals surface area contributed by atoms with Crippen molar-refractivity contribution in [1.82, 2.24) is 0 Å². The van der Waals surface area contributed by atoms with Gasteiger partial charge in [-0.1, -0.05) is 6.08 Å². The summed E-state index contributed by atoms with van der Waals surface area (Å²) in [5, 5.41) is 2.15. The minimum absolute atomic E-state index is 0. The monoisotopic (exact) mass is 206 g/mol. The van der Waals surface area contributed by atoms with Crippen LogP contribution >= 0.6 is 11.8 Å². The fraction of sp³-hybridized carbons (Fsp3) is 0.500. The Kier molecular flexibility index (Phi) is 4.66. The van der Waals surface area contributed by atoms with Crippen LogP contribution in [0, 0.1) is 0 Å². The third kappa shape index (κ3) is 2.13. The van der Waals surface area contributed by atoms with E-state index in [1.807, 2.05) is 11.8 Å². The standard InChI is InChI=1S/C4H6S.Sn/c1-2-4-5-3-1;/h1,3H,2,4H2;. The van der Waals surface area contributed by atoms with E-state index < -0.39 is 0 Å². The zero-order valence-electron chi connectivity index (χ0n) is 3.48. The third-order valence-electron chi connectivity index (χ3n) is 0.595. The molecule has 0 bridgehead atoms. The van der Waals surface area contributed by atoms with Gasteiger partial charge in [0.2, 0.25) is 0 Å². The summed E-state index contributed by atoms with van der Waals surface area (Å²) in [6, 6.07) is 0. The fourth-order valence-corrected chi connectivity index (χ4v) is 1.02. The molecule has 0 aromatic heterocycles. The molecule has 0 aromatic carbocycles. The molecule has 0 atom stereocenters. The molecule has 1 aliphatic rings. The quantitative estimate of drug-likeness (QED) is 0.536. The smallest absolute Gasteiger partial charge is 0.000884 e. The van der Waals surface area contributed by atoms with E-state index in [1.165, 1.54) is 12.2 Å². The summed E-state index contributed by atoms with van der Waals surface area (Å²) in [4.78, 5) is 0. The normalized spacial score (nSPS) is 17.3. The van der Waals surface area contributed by atoms with E-state index in [0.717, 1.165) is 0 Å². The van der Waals surface area contributed by atoms with Gasteiger partial charge in [-0.05, 0) is 11.8 Å². The molecule has 0 aliphatic carbocycles. The Bertz CT molecular complexity index is 45.5. The fourth-order valence-electron chi connectivity index (χ4n) is 0.340. The molecule has 4 radical (unpaired) electrons. The number of thioether (sulfide) groups is 1. The summed E-state index contributed by atoms with van der Waals surface area (Å²) >= 11 is 1.89. The molecule has 0 nitrogen and oxygen atoms in total. The van der Waals surface area contributed by atoms with Crippen LogP contribution in [0.2, 0.25) is 0 Å². The largest absolute Gasteiger partial charge is 0.134 e. The Morgan fingerprint density at radius 3 is 2.50 bits per heavy atom. The maximum absolute atomic E-state index is 2.20. The van der Waals surface area contributed by atoms with Crippen molar-refractivity contribution < 1.29 is 0 Å². The van der Waals surface area contributed by atoms with Crippen molar-refractivity contribution in [3.8, 4) is 0 Å². The average Bonchev–Trinajstić information content (AvgIpc) is 1.76. The average molecular weight is 205 g/mol. The van der Waals surface area contributed by atoms with Gasteiger partial charge in [-0.25, -0.2) is 0 Å². The second kappa shape index (κ2) is 4.06. The van der Waals surface area contributed by atoms with Crippen LogP contribution in [0.15, 0.2) is 11.5 Å². The van der Waals surface area contributed by atoms with Crippen LogP contribution < -0.4 is 0 Å². The van der Waals surface area contributed by atoms with E-state index in [-0.39, 0.29) is 23.9 Å². The van der Waals surface area contributed by atoms with E-state index in [0.29, 0.717) is 0 Å². The Labute approximate surface area is 59.3 Å². The van der Waals surface area contributed by atoms with Gasteiger partial charge in [-0.15, -0.1) is 11.8 Å².